The lowest BCUT2D eigenvalue weighted by Crippen LogP contribution is -1.99. The molecule has 1 unspecified atom stereocenters. The Balaban J connectivity index is 2.12. The third kappa shape index (κ3) is 3.37. The van der Waals surface area contributed by atoms with Crippen LogP contribution < -0.4 is 0 Å². The molecule has 0 radical (unpaired) electrons. The number of benzene rings is 1. The number of hydrogen-bond donors (Lipinski definition) is 1. The van der Waals surface area contributed by atoms with Crippen molar-refractivity contribution < 1.29 is 9.50 Å². The molecule has 1 heterocycles. The Bertz CT molecular complexity index is 527. The van der Waals surface area contributed by atoms with Crippen molar-refractivity contribution in [3.05, 3.63) is 54.8 Å². The highest BCUT2D eigenvalue weighted by molar-refractivity contribution is 9.11. The average molecular weight is 380 g/mol. The molecule has 2 rings (SSSR count). The van der Waals surface area contributed by atoms with E-state index in [1.54, 1.807) is 12.1 Å². The summed E-state index contributed by atoms with van der Waals surface area (Å²) in [4.78, 5) is 0.900. The van der Waals surface area contributed by atoms with E-state index in [0.29, 0.717) is 10.9 Å². The summed E-state index contributed by atoms with van der Waals surface area (Å²) in [6, 6.07) is 8.57. The molecule has 0 bridgehead atoms. The molecular weight excluding hydrogens is 371 g/mol. The quantitative estimate of drug-likeness (QED) is 0.820. The van der Waals surface area contributed by atoms with Crippen LogP contribution in [-0.4, -0.2) is 5.11 Å². The maximum Gasteiger partial charge on any atom is 0.137 e. The highest BCUT2D eigenvalue weighted by Gasteiger charge is 2.11. The first-order valence-corrected chi connectivity index (χ1v) is 7.34. The Hall–Kier alpha value is -0.230. The van der Waals surface area contributed by atoms with Gasteiger partial charge >= 0.3 is 0 Å². The smallest absolute Gasteiger partial charge is 0.137 e. The SMILES string of the molecule is OC(Cc1ccc(F)c(Br)c1)c1ccc(Br)s1. The van der Waals surface area contributed by atoms with Gasteiger partial charge in [0, 0.05) is 11.3 Å². The van der Waals surface area contributed by atoms with Crippen LogP contribution >= 0.6 is 43.2 Å². The zero-order valence-corrected chi connectivity index (χ0v) is 12.6. The first-order valence-electron chi connectivity index (χ1n) is 4.93. The van der Waals surface area contributed by atoms with Gasteiger partial charge in [0.1, 0.15) is 5.82 Å². The van der Waals surface area contributed by atoms with Gasteiger partial charge in [-0.1, -0.05) is 6.07 Å². The minimum absolute atomic E-state index is 0.290. The number of halogens is 3. The van der Waals surface area contributed by atoms with E-state index in [2.05, 4.69) is 31.9 Å². The summed E-state index contributed by atoms with van der Waals surface area (Å²) in [6.45, 7) is 0. The van der Waals surface area contributed by atoms with Gasteiger partial charge in [0.05, 0.1) is 14.4 Å². The Morgan fingerprint density at radius 3 is 2.59 bits per heavy atom. The van der Waals surface area contributed by atoms with Gasteiger partial charge in [-0.25, -0.2) is 4.39 Å². The first kappa shape index (κ1) is 13.2. The second-order valence-electron chi connectivity index (χ2n) is 3.61. The zero-order valence-electron chi connectivity index (χ0n) is 8.66. The molecule has 0 aliphatic carbocycles. The van der Waals surface area contributed by atoms with Crippen molar-refractivity contribution in [3.63, 3.8) is 0 Å². The number of hydrogen-bond acceptors (Lipinski definition) is 2. The molecule has 0 aliphatic rings. The number of aliphatic hydroxyl groups is 1. The van der Waals surface area contributed by atoms with E-state index in [1.807, 2.05) is 12.1 Å². The predicted molar refractivity (Wildman–Crippen MR) is 74.8 cm³/mol. The van der Waals surface area contributed by atoms with Gasteiger partial charge in [0.25, 0.3) is 0 Å². The zero-order chi connectivity index (χ0) is 12.4. The van der Waals surface area contributed by atoms with Gasteiger partial charge in [-0.15, -0.1) is 11.3 Å². The van der Waals surface area contributed by atoms with Crippen LogP contribution in [-0.2, 0) is 6.42 Å². The minimum Gasteiger partial charge on any atom is -0.387 e. The van der Waals surface area contributed by atoms with Gasteiger partial charge in [-0.05, 0) is 61.7 Å². The maximum atomic E-state index is 13.0. The van der Waals surface area contributed by atoms with Crippen LogP contribution in [0.5, 0.6) is 0 Å². The first-order chi connectivity index (χ1) is 8.06. The van der Waals surface area contributed by atoms with Gasteiger partial charge < -0.3 is 5.11 Å². The fraction of sp³-hybridized carbons (Fsp3) is 0.167. The van der Waals surface area contributed by atoms with E-state index in [4.69, 9.17) is 0 Å². The monoisotopic (exact) mass is 378 g/mol. The molecule has 1 aromatic heterocycles. The topological polar surface area (TPSA) is 20.2 Å². The number of thiophene rings is 1. The average Bonchev–Trinajstić information content (AvgIpc) is 2.70. The van der Waals surface area contributed by atoms with E-state index >= 15 is 0 Å². The summed E-state index contributed by atoms with van der Waals surface area (Å²) in [6.07, 6.45) is -0.0742. The maximum absolute atomic E-state index is 13.0. The molecule has 0 amide bonds. The molecule has 1 atom stereocenters. The van der Waals surface area contributed by atoms with Gasteiger partial charge in [-0.3, -0.25) is 0 Å². The highest BCUT2D eigenvalue weighted by atomic mass is 79.9. The van der Waals surface area contributed by atoms with Crippen molar-refractivity contribution >= 4 is 43.2 Å². The molecule has 2 aromatic rings. The van der Waals surface area contributed by atoms with E-state index < -0.39 is 6.10 Å². The largest absolute Gasteiger partial charge is 0.387 e. The molecular formula is C12H9Br2FOS. The Morgan fingerprint density at radius 2 is 2.00 bits per heavy atom. The van der Waals surface area contributed by atoms with Crippen molar-refractivity contribution in [1.29, 1.82) is 0 Å². The highest BCUT2D eigenvalue weighted by Crippen LogP contribution is 2.29. The standard InChI is InChI=1S/C12H9Br2FOS/c13-8-5-7(1-2-9(8)15)6-10(16)11-3-4-12(14)17-11/h1-5,10,16H,6H2. The predicted octanol–water partition coefficient (Wildman–Crippen LogP) is 4.69. The summed E-state index contributed by atoms with van der Waals surface area (Å²) < 4.78 is 14.5. The summed E-state index contributed by atoms with van der Waals surface area (Å²) >= 11 is 8.00. The second-order valence-corrected chi connectivity index (χ2v) is 6.96. The summed E-state index contributed by atoms with van der Waals surface area (Å²) in [7, 11) is 0. The molecule has 90 valence electrons. The summed E-state index contributed by atoms with van der Waals surface area (Å²) in [5, 5.41) is 10.0. The Labute approximate surface area is 120 Å². The van der Waals surface area contributed by atoms with Crippen LogP contribution in [0.4, 0.5) is 4.39 Å². The van der Waals surface area contributed by atoms with Gasteiger partial charge in [-0.2, -0.15) is 0 Å². The molecule has 1 nitrogen and oxygen atoms in total. The molecule has 1 aromatic carbocycles. The molecule has 0 fully saturated rings. The molecule has 0 aliphatic heterocycles. The normalized spacial score (nSPS) is 12.7. The van der Waals surface area contributed by atoms with Crippen LogP contribution in [0.2, 0.25) is 0 Å². The Morgan fingerprint density at radius 1 is 1.24 bits per heavy atom. The molecule has 5 heteroatoms. The van der Waals surface area contributed by atoms with E-state index in [1.165, 1.54) is 17.4 Å². The van der Waals surface area contributed by atoms with Crippen molar-refractivity contribution in [1.82, 2.24) is 0 Å². The lowest BCUT2D eigenvalue weighted by Gasteiger charge is -2.09. The molecule has 0 spiro atoms. The minimum atomic E-state index is -0.552. The van der Waals surface area contributed by atoms with Crippen LogP contribution in [0.1, 0.15) is 16.5 Å². The van der Waals surface area contributed by atoms with Crippen molar-refractivity contribution in [2.75, 3.05) is 0 Å². The lowest BCUT2D eigenvalue weighted by molar-refractivity contribution is 0.182. The van der Waals surface area contributed by atoms with E-state index in [0.717, 1.165) is 14.2 Å². The molecule has 17 heavy (non-hydrogen) atoms. The third-order valence-electron chi connectivity index (χ3n) is 2.34. The molecule has 1 N–H and O–H groups in total. The lowest BCUT2D eigenvalue weighted by atomic mass is 10.1. The third-order valence-corrected chi connectivity index (χ3v) is 4.67. The van der Waals surface area contributed by atoms with Crippen LogP contribution in [0.15, 0.2) is 38.6 Å². The summed E-state index contributed by atoms with van der Waals surface area (Å²) in [5.41, 5.74) is 0.898. The fourth-order valence-electron chi connectivity index (χ4n) is 1.50. The van der Waals surface area contributed by atoms with E-state index in [-0.39, 0.29) is 5.82 Å². The molecule has 0 saturated carbocycles. The van der Waals surface area contributed by atoms with Crippen molar-refractivity contribution in [2.24, 2.45) is 0 Å². The van der Waals surface area contributed by atoms with Crippen molar-refractivity contribution in [3.8, 4) is 0 Å². The van der Waals surface area contributed by atoms with Gasteiger partial charge in [0.2, 0.25) is 0 Å². The molecule has 0 saturated heterocycles. The fourth-order valence-corrected chi connectivity index (χ4v) is 3.33. The Kier molecular flexibility index (Phi) is 4.36. The van der Waals surface area contributed by atoms with Crippen molar-refractivity contribution in [2.45, 2.75) is 12.5 Å². The second kappa shape index (κ2) is 5.61. The van der Waals surface area contributed by atoms with Crippen LogP contribution in [0.25, 0.3) is 0 Å². The number of aliphatic hydroxyl groups excluding tert-OH is 1. The van der Waals surface area contributed by atoms with Crippen LogP contribution in [0, 0.1) is 5.82 Å². The summed E-state index contributed by atoms with van der Waals surface area (Å²) in [5.74, 6) is -0.290. The van der Waals surface area contributed by atoms with Crippen LogP contribution in [0.3, 0.4) is 0 Å². The number of rotatable bonds is 3. The van der Waals surface area contributed by atoms with Gasteiger partial charge in [0.15, 0.2) is 0 Å². The van der Waals surface area contributed by atoms with E-state index in [9.17, 15) is 9.50 Å².